The minimum atomic E-state index is -0.781. The fraction of sp³-hybridized carbons (Fsp3) is 0.800. The lowest BCUT2D eigenvalue weighted by Gasteiger charge is -1.99. The topological polar surface area (TPSA) is 63.3 Å². The molecule has 9 heavy (non-hydrogen) atoms. The highest BCUT2D eigenvalue weighted by Crippen LogP contribution is 2.02. The molecule has 0 spiro atoms. The van der Waals surface area contributed by atoms with Crippen LogP contribution in [0.25, 0.3) is 0 Å². The molecule has 0 aromatic carbocycles. The highest BCUT2D eigenvalue weighted by Gasteiger charge is 1.97. The number of rotatable bonds is 3. The van der Waals surface area contributed by atoms with E-state index < -0.39 is 6.23 Å². The van der Waals surface area contributed by atoms with Gasteiger partial charge < -0.3 is 10.8 Å². The van der Waals surface area contributed by atoms with Crippen molar-refractivity contribution in [2.45, 2.75) is 19.6 Å². The first-order valence-electron chi connectivity index (χ1n) is 2.70. The summed E-state index contributed by atoms with van der Waals surface area (Å²) < 4.78 is 0. The third kappa shape index (κ3) is 7.94. The predicted molar refractivity (Wildman–Crippen MR) is 38.0 cm³/mol. The van der Waals surface area contributed by atoms with Crippen LogP contribution in [0.1, 0.15) is 13.3 Å². The summed E-state index contributed by atoms with van der Waals surface area (Å²) >= 11 is 1.18. The Bertz CT molecular complexity index is 95.0. The number of thioether (sulfide) groups is 1. The molecular weight excluding hydrogens is 138 g/mol. The maximum atomic E-state index is 10.3. The molecule has 0 heterocycles. The van der Waals surface area contributed by atoms with Crippen molar-refractivity contribution in [2.24, 2.45) is 5.73 Å². The molecule has 3 nitrogen and oxygen atoms in total. The Morgan fingerprint density at radius 3 is 2.78 bits per heavy atom. The van der Waals surface area contributed by atoms with Crippen molar-refractivity contribution in [3.8, 4) is 0 Å². The van der Waals surface area contributed by atoms with Gasteiger partial charge in [-0.15, -0.1) is 0 Å². The minimum Gasteiger partial charge on any atom is -0.379 e. The number of hydrogen-bond acceptors (Lipinski definition) is 4. The smallest absolute Gasteiger partial charge is 0.185 e. The van der Waals surface area contributed by atoms with Crippen molar-refractivity contribution in [2.75, 3.05) is 5.75 Å². The molecule has 4 heteroatoms. The van der Waals surface area contributed by atoms with Crippen LogP contribution in [0.15, 0.2) is 0 Å². The van der Waals surface area contributed by atoms with Gasteiger partial charge in [-0.1, -0.05) is 11.8 Å². The first-order valence-corrected chi connectivity index (χ1v) is 3.68. The van der Waals surface area contributed by atoms with Gasteiger partial charge >= 0.3 is 0 Å². The predicted octanol–water partition coefficient (Wildman–Crippen LogP) is -0.0667. The molecule has 0 saturated heterocycles. The number of aliphatic hydroxyl groups excluding tert-OH is 1. The highest BCUT2D eigenvalue weighted by atomic mass is 32.2. The van der Waals surface area contributed by atoms with Crippen molar-refractivity contribution in [1.82, 2.24) is 0 Å². The fourth-order valence-corrected chi connectivity index (χ4v) is 0.970. The second-order valence-electron chi connectivity index (χ2n) is 1.70. The largest absolute Gasteiger partial charge is 0.379 e. The van der Waals surface area contributed by atoms with Crippen LogP contribution in [-0.4, -0.2) is 22.2 Å². The zero-order valence-electron chi connectivity index (χ0n) is 5.33. The van der Waals surface area contributed by atoms with Gasteiger partial charge in [0.15, 0.2) is 5.12 Å². The first kappa shape index (κ1) is 8.94. The Morgan fingerprint density at radius 1 is 1.89 bits per heavy atom. The Kier molecular flexibility index (Phi) is 4.75. The maximum Gasteiger partial charge on any atom is 0.185 e. The van der Waals surface area contributed by atoms with Gasteiger partial charge in [0.2, 0.25) is 0 Å². The molecule has 0 rings (SSSR count). The van der Waals surface area contributed by atoms with Crippen molar-refractivity contribution in [1.29, 1.82) is 0 Å². The van der Waals surface area contributed by atoms with Crippen molar-refractivity contribution < 1.29 is 9.90 Å². The summed E-state index contributed by atoms with van der Waals surface area (Å²) in [6.07, 6.45) is -0.304. The normalized spacial score (nSPS) is 13.2. The SMILES string of the molecule is CC(=O)SCCC(N)O. The fourth-order valence-electron chi connectivity index (χ4n) is 0.323. The highest BCUT2D eigenvalue weighted by molar-refractivity contribution is 8.13. The van der Waals surface area contributed by atoms with E-state index in [0.29, 0.717) is 12.2 Å². The van der Waals surface area contributed by atoms with Gasteiger partial charge in [0.25, 0.3) is 0 Å². The zero-order chi connectivity index (χ0) is 7.28. The Labute approximate surface area is 58.6 Å². The summed E-state index contributed by atoms with van der Waals surface area (Å²) in [5.41, 5.74) is 5.01. The van der Waals surface area contributed by atoms with Gasteiger partial charge in [0, 0.05) is 12.7 Å². The Morgan fingerprint density at radius 2 is 2.44 bits per heavy atom. The lowest BCUT2D eigenvalue weighted by atomic mass is 10.4. The average molecular weight is 149 g/mol. The third-order valence-corrected chi connectivity index (χ3v) is 1.57. The second kappa shape index (κ2) is 4.78. The van der Waals surface area contributed by atoms with Crippen LogP contribution in [-0.2, 0) is 4.79 Å². The molecule has 0 fully saturated rings. The maximum absolute atomic E-state index is 10.3. The van der Waals surface area contributed by atoms with E-state index in [1.165, 1.54) is 18.7 Å². The molecule has 3 N–H and O–H groups in total. The summed E-state index contributed by atoms with van der Waals surface area (Å²) in [5.74, 6) is 0.604. The minimum absolute atomic E-state index is 0.0654. The molecule has 1 unspecified atom stereocenters. The van der Waals surface area contributed by atoms with E-state index >= 15 is 0 Å². The first-order chi connectivity index (χ1) is 4.13. The van der Waals surface area contributed by atoms with Crippen molar-refractivity contribution >= 4 is 16.9 Å². The van der Waals surface area contributed by atoms with E-state index in [-0.39, 0.29) is 5.12 Å². The molecule has 1 atom stereocenters. The monoisotopic (exact) mass is 149 g/mol. The summed E-state index contributed by atoms with van der Waals surface area (Å²) in [6, 6.07) is 0. The van der Waals surface area contributed by atoms with Gasteiger partial charge in [-0.3, -0.25) is 4.79 Å². The standard InChI is InChI=1S/C5H11NO2S/c1-4(7)9-3-2-5(6)8/h5,8H,2-3,6H2,1H3. The van der Waals surface area contributed by atoms with Crippen LogP contribution in [0, 0.1) is 0 Å². The van der Waals surface area contributed by atoms with E-state index in [1.807, 2.05) is 0 Å². The number of hydrogen-bond donors (Lipinski definition) is 2. The number of nitrogens with two attached hydrogens (primary N) is 1. The van der Waals surface area contributed by atoms with Crippen LogP contribution in [0.5, 0.6) is 0 Å². The molecule has 0 aliphatic carbocycles. The Balaban J connectivity index is 3.01. The van der Waals surface area contributed by atoms with Crippen molar-refractivity contribution in [3.05, 3.63) is 0 Å². The molecule has 0 amide bonds. The number of carbonyl (C=O) groups excluding carboxylic acids is 1. The van der Waals surface area contributed by atoms with E-state index in [0.717, 1.165) is 0 Å². The molecular formula is C5H11NO2S. The summed E-state index contributed by atoms with van der Waals surface area (Å²) in [4.78, 5) is 10.3. The summed E-state index contributed by atoms with van der Waals surface area (Å²) in [6.45, 7) is 1.49. The van der Waals surface area contributed by atoms with E-state index in [9.17, 15) is 4.79 Å². The summed E-state index contributed by atoms with van der Waals surface area (Å²) in [5, 5.41) is 8.58. The third-order valence-electron chi connectivity index (χ3n) is 0.719. The van der Waals surface area contributed by atoms with Crippen LogP contribution < -0.4 is 5.73 Å². The lowest BCUT2D eigenvalue weighted by Crippen LogP contribution is -2.19. The molecule has 0 bridgehead atoms. The van der Waals surface area contributed by atoms with E-state index in [4.69, 9.17) is 10.8 Å². The van der Waals surface area contributed by atoms with Crippen molar-refractivity contribution in [3.63, 3.8) is 0 Å². The molecule has 0 radical (unpaired) electrons. The molecule has 54 valence electrons. The molecule has 0 aromatic heterocycles. The van der Waals surface area contributed by atoms with Gasteiger partial charge in [-0.25, -0.2) is 0 Å². The zero-order valence-corrected chi connectivity index (χ0v) is 6.15. The van der Waals surface area contributed by atoms with Gasteiger partial charge in [-0.2, -0.15) is 0 Å². The van der Waals surface area contributed by atoms with Crippen LogP contribution in [0.2, 0.25) is 0 Å². The molecule has 0 aromatic rings. The molecule has 0 aliphatic rings. The average Bonchev–Trinajstić information content (AvgIpc) is 1.63. The van der Waals surface area contributed by atoms with Crippen LogP contribution >= 0.6 is 11.8 Å². The van der Waals surface area contributed by atoms with E-state index in [1.54, 1.807) is 0 Å². The Hall–Kier alpha value is -0.0600. The number of carbonyl (C=O) groups is 1. The molecule has 0 aliphatic heterocycles. The van der Waals surface area contributed by atoms with Gasteiger partial charge in [-0.05, 0) is 6.42 Å². The number of aliphatic hydroxyl groups is 1. The van der Waals surface area contributed by atoms with Gasteiger partial charge in [0.05, 0.1) is 0 Å². The van der Waals surface area contributed by atoms with E-state index in [2.05, 4.69) is 0 Å². The van der Waals surface area contributed by atoms with Gasteiger partial charge in [0.1, 0.15) is 6.23 Å². The quantitative estimate of drug-likeness (QED) is 0.551. The van der Waals surface area contributed by atoms with Crippen LogP contribution in [0.4, 0.5) is 0 Å². The lowest BCUT2D eigenvalue weighted by molar-refractivity contribution is -0.109. The molecule has 0 saturated carbocycles. The second-order valence-corrected chi connectivity index (χ2v) is 2.97. The van der Waals surface area contributed by atoms with Crippen LogP contribution in [0.3, 0.4) is 0 Å². The summed E-state index contributed by atoms with van der Waals surface area (Å²) in [7, 11) is 0.